The molecule has 0 bridgehead atoms. The lowest BCUT2D eigenvalue weighted by atomic mass is 9.72. The van der Waals surface area contributed by atoms with Crippen LogP contribution in [0.25, 0.3) is 6.08 Å². The van der Waals surface area contributed by atoms with Gasteiger partial charge in [0.05, 0.1) is 12.6 Å². The molecule has 0 heterocycles. The summed E-state index contributed by atoms with van der Waals surface area (Å²) in [5.41, 5.74) is 1.50. The second kappa shape index (κ2) is 8.25. The lowest BCUT2D eigenvalue weighted by Gasteiger charge is -2.43. The third kappa shape index (κ3) is 4.30. The van der Waals surface area contributed by atoms with Crippen LogP contribution in [0, 0.1) is 5.82 Å². The van der Waals surface area contributed by atoms with Crippen molar-refractivity contribution in [3.8, 4) is 11.5 Å². The maximum Gasteiger partial charge on any atom is 0.258 e. The van der Waals surface area contributed by atoms with Crippen LogP contribution in [0.1, 0.15) is 37.3 Å². The average molecular weight is 369 g/mol. The van der Waals surface area contributed by atoms with Crippen LogP contribution in [0.15, 0.2) is 48.5 Å². The molecular weight excluding hydrogens is 345 g/mol. The van der Waals surface area contributed by atoms with Crippen molar-refractivity contribution in [3.05, 3.63) is 65.5 Å². The normalized spacial score (nSPS) is 15.2. The first-order valence-corrected chi connectivity index (χ1v) is 9.07. The van der Waals surface area contributed by atoms with E-state index in [1.54, 1.807) is 25.3 Å². The van der Waals surface area contributed by atoms with Gasteiger partial charge >= 0.3 is 0 Å². The summed E-state index contributed by atoms with van der Waals surface area (Å²) in [5, 5.41) is 3.07. The first kappa shape index (κ1) is 19.0. The van der Waals surface area contributed by atoms with Crippen molar-refractivity contribution in [2.45, 2.75) is 31.7 Å². The standard InChI is InChI=1S/C22H24FNO3/c1-3-5-16-6-11-19(20(14-16)26-2)27-15-21(25)24-22(12-4-13-22)17-7-9-18(23)10-8-17/h3,5-11,14H,4,12-13,15H2,1-2H3,(H,24,25)/b5-3+. The molecule has 1 saturated carbocycles. The third-order valence-corrected chi connectivity index (χ3v) is 4.89. The monoisotopic (exact) mass is 369 g/mol. The predicted molar refractivity (Wildman–Crippen MR) is 103 cm³/mol. The van der Waals surface area contributed by atoms with Gasteiger partial charge in [-0.1, -0.05) is 30.4 Å². The molecule has 27 heavy (non-hydrogen) atoms. The quantitative estimate of drug-likeness (QED) is 0.785. The van der Waals surface area contributed by atoms with Crippen molar-refractivity contribution in [1.29, 1.82) is 0 Å². The average Bonchev–Trinajstić information content (AvgIpc) is 2.64. The molecule has 2 aromatic carbocycles. The van der Waals surface area contributed by atoms with E-state index in [1.807, 2.05) is 31.2 Å². The fraction of sp³-hybridized carbons (Fsp3) is 0.318. The fourth-order valence-corrected chi connectivity index (χ4v) is 3.33. The molecular formula is C22H24FNO3. The highest BCUT2D eigenvalue weighted by molar-refractivity contribution is 5.79. The van der Waals surface area contributed by atoms with E-state index in [4.69, 9.17) is 9.47 Å². The number of ether oxygens (including phenoxy) is 2. The summed E-state index contributed by atoms with van der Waals surface area (Å²) < 4.78 is 24.2. The number of benzene rings is 2. The molecule has 1 amide bonds. The summed E-state index contributed by atoms with van der Waals surface area (Å²) in [6.45, 7) is 1.83. The van der Waals surface area contributed by atoms with Gasteiger partial charge in [-0.2, -0.15) is 0 Å². The molecule has 4 nitrogen and oxygen atoms in total. The van der Waals surface area contributed by atoms with E-state index in [1.165, 1.54) is 12.1 Å². The van der Waals surface area contributed by atoms with Crippen LogP contribution in [0.4, 0.5) is 4.39 Å². The number of methoxy groups -OCH3 is 1. The summed E-state index contributed by atoms with van der Waals surface area (Å²) in [6.07, 6.45) is 6.61. The molecule has 1 N–H and O–H groups in total. The Morgan fingerprint density at radius 1 is 1.19 bits per heavy atom. The Morgan fingerprint density at radius 2 is 1.93 bits per heavy atom. The molecule has 142 valence electrons. The summed E-state index contributed by atoms with van der Waals surface area (Å²) >= 11 is 0. The molecule has 1 fully saturated rings. The van der Waals surface area contributed by atoms with Crippen molar-refractivity contribution >= 4 is 12.0 Å². The van der Waals surface area contributed by atoms with Gasteiger partial charge in [0, 0.05) is 0 Å². The summed E-state index contributed by atoms with van der Waals surface area (Å²) in [5.74, 6) is 0.607. The maximum absolute atomic E-state index is 13.2. The Morgan fingerprint density at radius 3 is 2.52 bits per heavy atom. The Hall–Kier alpha value is -2.82. The third-order valence-electron chi connectivity index (χ3n) is 4.89. The number of carbonyl (C=O) groups is 1. The molecule has 1 aliphatic rings. The molecule has 5 heteroatoms. The predicted octanol–water partition coefficient (Wildman–Crippen LogP) is 4.44. The van der Waals surface area contributed by atoms with Crippen molar-refractivity contribution in [3.63, 3.8) is 0 Å². The molecule has 0 unspecified atom stereocenters. The van der Waals surface area contributed by atoms with Gasteiger partial charge in [-0.25, -0.2) is 4.39 Å². The van der Waals surface area contributed by atoms with Crippen molar-refractivity contribution in [1.82, 2.24) is 5.32 Å². The number of hydrogen-bond donors (Lipinski definition) is 1. The Bertz CT molecular complexity index is 826. The smallest absolute Gasteiger partial charge is 0.258 e. The Labute approximate surface area is 159 Å². The molecule has 2 aromatic rings. The Balaban J connectivity index is 1.65. The highest BCUT2D eigenvalue weighted by Gasteiger charge is 2.40. The van der Waals surface area contributed by atoms with Crippen LogP contribution in [0.2, 0.25) is 0 Å². The topological polar surface area (TPSA) is 47.6 Å². The van der Waals surface area contributed by atoms with E-state index < -0.39 is 5.54 Å². The lowest BCUT2D eigenvalue weighted by Crippen LogP contribution is -2.52. The number of carbonyl (C=O) groups excluding carboxylic acids is 1. The van der Waals surface area contributed by atoms with Crippen LogP contribution in [0.3, 0.4) is 0 Å². The zero-order valence-electron chi connectivity index (χ0n) is 15.6. The minimum atomic E-state index is -0.423. The van der Waals surface area contributed by atoms with E-state index in [9.17, 15) is 9.18 Å². The number of rotatable bonds is 7. The molecule has 0 aromatic heterocycles. The number of allylic oxidation sites excluding steroid dienone is 1. The molecule has 3 rings (SSSR count). The van der Waals surface area contributed by atoms with Gasteiger partial charge < -0.3 is 14.8 Å². The zero-order valence-corrected chi connectivity index (χ0v) is 15.6. The highest BCUT2D eigenvalue weighted by Crippen LogP contribution is 2.41. The van der Waals surface area contributed by atoms with Crippen LogP contribution in [-0.4, -0.2) is 19.6 Å². The van der Waals surface area contributed by atoms with Crippen molar-refractivity contribution in [2.24, 2.45) is 0 Å². The molecule has 0 atom stereocenters. The molecule has 0 saturated heterocycles. The van der Waals surface area contributed by atoms with Gasteiger partial charge in [0.2, 0.25) is 0 Å². The molecule has 1 aliphatic carbocycles. The Kier molecular flexibility index (Phi) is 5.79. The van der Waals surface area contributed by atoms with E-state index >= 15 is 0 Å². The van der Waals surface area contributed by atoms with Crippen LogP contribution in [0.5, 0.6) is 11.5 Å². The van der Waals surface area contributed by atoms with Crippen molar-refractivity contribution < 1.29 is 18.7 Å². The van der Waals surface area contributed by atoms with E-state index in [0.717, 1.165) is 30.4 Å². The number of halogens is 1. The summed E-state index contributed by atoms with van der Waals surface area (Å²) in [4.78, 5) is 12.5. The number of amides is 1. The second-order valence-electron chi connectivity index (χ2n) is 6.69. The highest BCUT2D eigenvalue weighted by atomic mass is 19.1. The van der Waals surface area contributed by atoms with Gasteiger partial charge in [-0.15, -0.1) is 0 Å². The zero-order chi connectivity index (χ0) is 19.3. The first-order valence-electron chi connectivity index (χ1n) is 9.07. The van der Waals surface area contributed by atoms with E-state index in [-0.39, 0.29) is 18.3 Å². The summed E-state index contributed by atoms with van der Waals surface area (Å²) in [7, 11) is 1.57. The maximum atomic E-state index is 13.2. The minimum absolute atomic E-state index is 0.109. The van der Waals surface area contributed by atoms with Crippen molar-refractivity contribution in [2.75, 3.05) is 13.7 Å². The number of nitrogens with one attached hydrogen (secondary N) is 1. The fourth-order valence-electron chi connectivity index (χ4n) is 3.33. The van der Waals surface area contributed by atoms with E-state index in [0.29, 0.717) is 11.5 Å². The van der Waals surface area contributed by atoms with E-state index in [2.05, 4.69) is 5.32 Å². The van der Waals surface area contributed by atoms with Crippen LogP contribution >= 0.6 is 0 Å². The number of hydrogen-bond acceptors (Lipinski definition) is 3. The van der Waals surface area contributed by atoms with Gasteiger partial charge in [0.1, 0.15) is 5.82 Å². The summed E-state index contributed by atoms with van der Waals surface area (Å²) in [6, 6.07) is 11.9. The first-order chi connectivity index (χ1) is 13.1. The molecule has 0 radical (unpaired) electrons. The molecule has 0 aliphatic heterocycles. The van der Waals surface area contributed by atoms with Gasteiger partial charge in [0.15, 0.2) is 18.1 Å². The second-order valence-corrected chi connectivity index (χ2v) is 6.69. The van der Waals surface area contributed by atoms with Gasteiger partial charge in [0.25, 0.3) is 5.91 Å². The largest absolute Gasteiger partial charge is 0.493 e. The molecule has 0 spiro atoms. The van der Waals surface area contributed by atoms with Gasteiger partial charge in [-0.05, 0) is 61.6 Å². The van der Waals surface area contributed by atoms with Crippen LogP contribution < -0.4 is 14.8 Å². The van der Waals surface area contributed by atoms with Gasteiger partial charge in [-0.3, -0.25) is 4.79 Å². The van der Waals surface area contributed by atoms with Crippen LogP contribution in [-0.2, 0) is 10.3 Å². The minimum Gasteiger partial charge on any atom is -0.493 e. The SMILES string of the molecule is C/C=C/c1ccc(OCC(=O)NC2(c3ccc(F)cc3)CCC2)c(OC)c1. The lowest BCUT2D eigenvalue weighted by molar-refractivity contribution is -0.126.